The molecule has 0 unspecified atom stereocenters. The van der Waals surface area contributed by atoms with E-state index < -0.39 is 12.2 Å². The summed E-state index contributed by atoms with van der Waals surface area (Å²) in [5.41, 5.74) is 0.708. The van der Waals surface area contributed by atoms with E-state index in [1.54, 1.807) is 30.0 Å². The Morgan fingerprint density at radius 2 is 1.64 bits per heavy atom. The molecule has 0 radical (unpaired) electrons. The Hall–Kier alpha value is -3.73. The van der Waals surface area contributed by atoms with Gasteiger partial charge in [-0.05, 0) is 49.1 Å². The minimum atomic E-state index is -0.945. The largest absolute Gasteiger partial charge is 0.457 e. The highest BCUT2D eigenvalue weighted by molar-refractivity contribution is 7.98. The van der Waals surface area contributed by atoms with Crippen LogP contribution in [0, 0.1) is 0 Å². The average Bonchev–Trinajstić information content (AvgIpc) is 2.81. The number of thioether (sulfide) groups is 1. The molecule has 0 aromatic heterocycles. The number of amides is 3. The van der Waals surface area contributed by atoms with E-state index >= 15 is 0 Å². The van der Waals surface area contributed by atoms with E-state index in [-0.39, 0.29) is 11.9 Å². The molecule has 11 heteroatoms. The Morgan fingerprint density at radius 3 is 2.24 bits per heavy atom. The predicted molar refractivity (Wildman–Crippen MR) is 127 cm³/mol. The van der Waals surface area contributed by atoms with E-state index in [0.29, 0.717) is 35.7 Å². The summed E-state index contributed by atoms with van der Waals surface area (Å²) >= 11 is 1.62. The van der Waals surface area contributed by atoms with Crippen LogP contribution >= 0.6 is 11.8 Å². The molecule has 0 heterocycles. The van der Waals surface area contributed by atoms with Crippen LogP contribution < -0.4 is 20.7 Å². The number of aliphatic imine (C=N–C) groups is 1. The van der Waals surface area contributed by atoms with Gasteiger partial charge in [0.05, 0.1) is 25.6 Å². The van der Waals surface area contributed by atoms with E-state index in [0.717, 1.165) is 12.0 Å². The predicted octanol–water partition coefficient (Wildman–Crippen LogP) is 4.83. The van der Waals surface area contributed by atoms with Crippen molar-refractivity contribution in [3.05, 3.63) is 42.5 Å². The number of methoxy groups -OCH3 is 2. The zero-order chi connectivity index (χ0) is 24.2. The highest BCUT2D eigenvalue weighted by atomic mass is 32.2. The fourth-order valence-corrected chi connectivity index (χ4v) is 2.93. The third-order valence-electron chi connectivity index (χ3n) is 4.07. The minimum absolute atomic E-state index is 0.214. The normalized spacial score (nSPS) is 10.7. The Bertz CT molecular complexity index is 1010. The number of hydrogen-bond donors (Lipinski definition) is 3. The number of carbonyl (C=O) groups excluding carboxylic acids is 3. The van der Waals surface area contributed by atoms with E-state index in [1.807, 2.05) is 37.4 Å². The number of hydrogen-bond acceptors (Lipinski definition) is 7. The molecule has 2 rings (SSSR count). The second-order valence-corrected chi connectivity index (χ2v) is 7.33. The maximum atomic E-state index is 12.3. The van der Waals surface area contributed by atoms with Crippen molar-refractivity contribution in [3.63, 3.8) is 0 Å². The van der Waals surface area contributed by atoms with E-state index in [9.17, 15) is 14.4 Å². The lowest BCUT2D eigenvalue weighted by molar-refractivity contribution is -0.116. The van der Waals surface area contributed by atoms with Crippen molar-refractivity contribution < 1.29 is 28.6 Å². The molecule has 0 aliphatic heterocycles. The van der Waals surface area contributed by atoms with Crippen LogP contribution in [0.25, 0.3) is 0 Å². The first-order valence-electron chi connectivity index (χ1n) is 9.93. The summed E-state index contributed by atoms with van der Waals surface area (Å²) in [6.07, 6.45) is 1.16. The van der Waals surface area contributed by atoms with Gasteiger partial charge >= 0.3 is 12.2 Å². The van der Waals surface area contributed by atoms with Gasteiger partial charge < -0.3 is 24.8 Å². The van der Waals surface area contributed by atoms with Gasteiger partial charge in [-0.3, -0.25) is 10.1 Å². The van der Waals surface area contributed by atoms with Crippen LogP contribution in [0.15, 0.2) is 52.4 Å². The van der Waals surface area contributed by atoms with E-state index in [2.05, 4.69) is 30.4 Å². The molecular formula is C22H26N4O6S. The minimum Gasteiger partial charge on any atom is -0.457 e. The second-order valence-electron chi connectivity index (χ2n) is 6.46. The van der Waals surface area contributed by atoms with E-state index in [1.165, 1.54) is 7.11 Å². The summed E-state index contributed by atoms with van der Waals surface area (Å²) in [7, 11) is 2.31. The summed E-state index contributed by atoms with van der Waals surface area (Å²) < 4.78 is 15.0. The van der Waals surface area contributed by atoms with Crippen molar-refractivity contribution in [3.8, 4) is 11.5 Å². The molecule has 0 saturated heterocycles. The highest BCUT2D eigenvalue weighted by Gasteiger charge is 2.14. The number of alkyl carbamates (subject to hydrolysis) is 1. The number of carbonyl (C=O) groups is 3. The Balaban J connectivity index is 2.35. The Kier molecular flexibility index (Phi) is 10.0. The van der Waals surface area contributed by atoms with Gasteiger partial charge in [0, 0.05) is 17.4 Å². The lowest BCUT2D eigenvalue weighted by Gasteiger charge is -2.16. The lowest BCUT2D eigenvalue weighted by Crippen LogP contribution is -2.36. The van der Waals surface area contributed by atoms with Gasteiger partial charge in [-0.2, -0.15) is 0 Å². The molecule has 3 N–H and O–H groups in total. The zero-order valence-corrected chi connectivity index (χ0v) is 19.6. The molecule has 0 spiro atoms. The first kappa shape index (κ1) is 25.5. The topological polar surface area (TPSA) is 127 Å². The maximum absolute atomic E-state index is 12.3. The molecule has 10 nitrogen and oxygen atoms in total. The highest BCUT2D eigenvalue weighted by Crippen LogP contribution is 2.31. The Labute approximate surface area is 196 Å². The van der Waals surface area contributed by atoms with Crippen molar-refractivity contribution >= 4 is 47.2 Å². The van der Waals surface area contributed by atoms with Gasteiger partial charge in [0.2, 0.25) is 11.9 Å². The smallest absolute Gasteiger partial charge is 0.436 e. The van der Waals surface area contributed by atoms with Crippen LogP contribution in [0.3, 0.4) is 0 Å². The van der Waals surface area contributed by atoms with Crippen LogP contribution in [0.5, 0.6) is 11.5 Å². The summed E-state index contributed by atoms with van der Waals surface area (Å²) in [5.74, 6) is 0.631. The van der Waals surface area contributed by atoms with Gasteiger partial charge in [-0.25, -0.2) is 9.59 Å². The van der Waals surface area contributed by atoms with Crippen LogP contribution in [0.2, 0.25) is 0 Å². The fraction of sp³-hybridized carbons (Fsp3) is 0.273. The monoisotopic (exact) mass is 474 g/mol. The van der Waals surface area contributed by atoms with Crippen LogP contribution in [-0.2, 0) is 14.3 Å². The molecule has 3 amide bonds. The molecule has 0 bridgehead atoms. The van der Waals surface area contributed by atoms with Gasteiger partial charge in [0.15, 0.2) is 0 Å². The number of nitrogens with one attached hydrogen (secondary N) is 3. The van der Waals surface area contributed by atoms with Gasteiger partial charge in [0.25, 0.3) is 0 Å². The summed E-state index contributed by atoms with van der Waals surface area (Å²) in [5, 5.41) is 7.87. The Morgan fingerprint density at radius 1 is 0.939 bits per heavy atom. The number of ether oxygens (including phenoxy) is 3. The summed E-state index contributed by atoms with van der Waals surface area (Å²) in [4.78, 5) is 40.2. The lowest BCUT2D eigenvalue weighted by atomic mass is 10.2. The fourth-order valence-electron chi connectivity index (χ4n) is 2.52. The average molecular weight is 475 g/mol. The number of anilines is 2. The second kappa shape index (κ2) is 13.0. The summed E-state index contributed by atoms with van der Waals surface area (Å²) in [6.45, 7) is 1.89. The number of guanidine groups is 1. The molecule has 0 fully saturated rings. The van der Waals surface area contributed by atoms with Crippen molar-refractivity contribution in [2.75, 3.05) is 31.1 Å². The van der Waals surface area contributed by atoms with Crippen molar-refractivity contribution in [1.82, 2.24) is 5.32 Å². The van der Waals surface area contributed by atoms with Gasteiger partial charge in [-0.1, -0.05) is 6.92 Å². The molecular weight excluding hydrogens is 448 g/mol. The molecule has 2 aromatic carbocycles. The van der Waals surface area contributed by atoms with E-state index in [4.69, 9.17) is 4.74 Å². The number of nitrogens with zero attached hydrogens (tertiary/aromatic N) is 1. The van der Waals surface area contributed by atoms with Crippen LogP contribution in [0.4, 0.5) is 21.0 Å². The van der Waals surface area contributed by atoms with Gasteiger partial charge in [0.1, 0.15) is 11.5 Å². The quantitative estimate of drug-likeness (QED) is 0.296. The summed E-state index contributed by atoms with van der Waals surface area (Å²) in [6, 6.07) is 12.4. The molecule has 2 aromatic rings. The number of rotatable bonds is 7. The first-order chi connectivity index (χ1) is 15.9. The number of benzene rings is 2. The van der Waals surface area contributed by atoms with Crippen LogP contribution in [-0.4, -0.2) is 44.5 Å². The SMILES string of the molecule is CCCC(=O)Nc1cc(Oc2ccc(SC)cc2)ccc1NC(=NC(=O)OC)NC(=O)OC. The molecule has 0 aliphatic carbocycles. The third kappa shape index (κ3) is 8.37. The standard InChI is InChI=1S/C22H26N4O6S/c1-5-6-19(27)23-18-13-15(32-14-7-10-16(33-4)11-8-14)9-12-17(18)24-20(25-21(28)30-2)26-22(29)31-3/h7-13H,5-6H2,1-4H3,(H,23,27)(H2,24,25,26,28,29). The third-order valence-corrected chi connectivity index (χ3v) is 4.82. The molecule has 0 saturated carbocycles. The first-order valence-corrected chi connectivity index (χ1v) is 11.1. The van der Waals surface area contributed by atoms with Crippen LogP contribution in [0.1, 0.15) is 19.8 Å². The molecule has 0 aliphatic rings. The zero-order valence-electron chi connectivity index (χ0n) is 18.8. The molecule has 176 valence electrons. The van der Waals surface area contributed by atoms with Crippen molar-refractivity contribution in [2.45, 2.75) is 24.7 Å². The molecule has 33 heavy (non-hydrogen) atoms. The van der Waals surface area contributed by atoms with Crippen molar-refractivity contribution in [2.24, 2.45) is 4.99 Å². The van der Waals surface area contributed by atoms with Crippen molar-refractivity contribution in [1.29, 1.82) is 0 Å². The molecule has 0 atom stereocenters. The van der Waals surface area contributed by atoms with Gasteiger partial charge in [-0.15, -0.1) is 16.8 Å². The maximum Gasteiger partial charge on any atom is 0.436 e.